The number of carbonyl (C=O) groups is 1. The molecule has 0 atom stereocenters. The topological polar surface area (TPSA) is 99.4 Å². The fraction of sp³-hybridized carbons (Fsp3) is 0.417. The molecule has 11 heteroatoms. The van der Waals surface area contributed by atoms with E-state index in [1.165, 1.54) is 34.9 Å². The molecule has 3 aromatic rings. The van der Waals surface area contributed by atoms with Crippen molar-refractivity contribution in [2.75, 3.05) is 41.0 Å². The smallest absolute Gasteiger partial charge is 0.251 e. The van der Waals surface area contributed by atoms with Crippen LogP contribution in [0.25, 0.3) is 10.2 Å². The summed E-state index contributed by atoms with van der Waals surface area (Å²) < 4.78 is 46.1. The molecule has 1 aromatic heterocycles. The first-order chi connectivity index (χ1) is 16.9. The van der Waals surface area contributed by atoms with E-state index in [1.807, 2.05) is 22.8 Å². The lowest BCUT2D eigenvalue weighted by molar-refractivity contribution is -0.122. The maximum atomic E-state index is 13.1. The normalized spacial score (nSPS) is 16.0. The van der Waals surface area contributed by atoms with Crippen molar-refractivity contribution >= 4 is 37.5 Å². The van der Waals surface area contributed by atoms with E-state index in [-0.39, 0.29) is 29.8 Å². The molecule has 1 aliphatic rings. The maximum Gasteiger partial charge on any atom is 0.251 e. The Hall–Kier alpha value is -2.73. The van der Waals surface area contributed by atoms with Gasteiger partial charge in [0, 0.05) is 32.7 Å². The first-order valence-electron chi connectivity index (χ1n) is 11.3. The van der Waals surface area contributed by atoms with Crippen LogP contribution in [0.2, 0.25) is 0 Å². The highest BCUT2D eigenvalue weighted by atomic mass is 32.2. The number of methoxy groups -OCH3 is 3. The minimum Gasteiger partial charge on any atom is -0.497 e. The molecule has 0 unspecified atom stereocenters. The number of ether oxygens (including phenoxy) is 3. The van der Waals surface area contributed by atoms with Gasteiger partial charge in [-0.3, -0.25) is 4.79 Å². The molecular weight excluding hydrogens is 490 g/mol. The molecule has 9 nitrogen and oxygen atoms in total. The fourth-order valence-corrected chi connectivity index (χ4v) is 6.65. The van der Waals surface area contributed by atoms with Crippen molar-refractivity contribution in [3.63, 3.8) is 0 Å². The number of amides is 1. The van der Waals surface area contributed by atoms with Crippen LogP contribution in [-0.4, -0.2) is 64.2 Å². The van der Waals surface area contributed by atoms with E-state index >= 15 is 0 Å². The lowest BCUT2D eigenvalue weighted by Gasteiger charge is -2.29. The number of hydrogen-bond donors (Lipinski definition) is 0. The monoisotopic (exact) mass is 519 g/mol. The summed E-state index contributed by atoms with van der Waals surface area (Å²) >= 11 is 1.42. The molecule has 0 N–H and O–H groups in total. The van der Waals surface area contributed by atoms with Gasteiger partial charge in [0.05, 0.1) is 35.9 Å². The zero-order chi connectivity index (χ0) is 25.0. The molecule has 4 rings (SSSR count). The Labute approximate surface area is 208 Å². The molecule has 0 radical (unpaired) electrons. The Morgan fingerprint density at radius 2 is 1.69 bits per heavy atom. The summed E-state index contributed by atoms with van der Waals surface area (Å²) in [5.41, 5.74) is 0.958. The summed E-state index contributed by atoms with van der Waals surface area (Å²) in [6.07, 6.45) is 0.850. The number of fused-ring (bicyclic) bond motifs is 1. The van der Waals surface area contributed by atoms with E-state index in [0.717, 1.165) is 16.0 Å². The van der Waals surface area contributed by atoms with Gasteiger partial charge in [0.15, 0.2) is 4.80 Å². The van der Waals surface area contributed by atoms with Crippen LogP contribution < -0.4 is 14.3 Å². The van der Waals surface area contributed by atoms with Crippen LogP contribution in [0.4, 0.5) is 0 Å². The summed E-state index contributed by atoms with van der Waals surface area (Å²) in [5, 5.41) is 0. The average Bonchev–Trinajstić information content (AvgIpc) is 3.23. The minimum atomic E-state index is -3.63. The molecule has 0 aliphatic carbocycles. The summed E-state index contributed by atoms with van der Waals surface area (Å²) in [4.78, 5) is 18.4. The van der Waals surface area contributed by atoms with E-state index in [1.54, 1.807) is 26.4 Å². The molecular formula is C24H29N3O6S2. The van der Waals surface area contributed by atoms with Gasteiger partial charge in [0.1, 0.15) is 11.5 Å². The number of thiazole rings is 1. The lowest BCUT2D eigenvalue weighted by Crippen LogP contribution is -2.40. The van der Waals surface area contributed by atoms with Crippen molar-refractivity contribution in [1.82, 2.24) is 8.87 Å². The second kappa shape index (κ2) is 10.9. The van der Waals surface area contributed by atoms with Crippen LogP contribution in [0.15, 0.2) is 52.4 Å². The van der Waals surface area contributed by atoms with Crippen LogP contribution in [-0.2, 0) is 26.1 Å². The third-order valence-electron chi connectivity index (χ3n) is 6.12. The van der Waals surface area contributed by atoms with Crippen LogP contribution in [0, 0.1) is 5.92 Å². The van der Waals surface area contributed by atoms with Crippen molar-refractivity contribution in [2.45, 2.75) is 24.3 Å². The van der Waals surface area contributed by atoms with Crippen LogP contribution >= 0.6 is 11.3 Å². The van der Waals surface area contributed by atoms with E-state index in [9.17, 15) is 13.2 Å². The predicted octanol–water partition coefficient (Wildman–Crippen LogP) is 2.89. The van der Waals surface area contributed by atoms with Gasteiger partial charge in [-0.1, -0.05) is 11.3 Å². The number of aromatic nitrogens is 1. The molecule has 1 fully saturated rings. The van der Waals surface area contributed by atoms with E-state index in [2.05, 4.69) is 4.99 Å². The second-order valence-electron chi connectivity index (χ2n) is 8.17. The highest BCUT2D eigenvalue weighted by Crippen LogP contribution is 2.27. The third-order valence-corrected chi connectivity index (χ3v) is 9.07. The highest BCUT2D eigenvalue weighted by molar-refractivity contribution is 7.89. The number of rotatable bonds is 8. The average molecular weight is 520 g/mol. The lowest BCUT2D eigenvalue weighted by atomic mass is 9.98. The van der Waals surface area contributed by atoms with Crippen LogP contribution in [0.5, 0.6) is 11.5 Å². The van der Waals surface area contributed by atoms with Crippen LogP contribution in [0.1, 0.15) is 12.8 Å². The van der Waals surface area contributed by atoms with Crippen molar-refractivity contribution < 1.29 is 27.4 Å². The number of sulfonamides is 1. The van der Waals surface area contributed by atoms with Gasteiger partial charge in [-0.15, -0.1) is 0 Å². The van der Waals surface area contributed by atoms with E-state index < -0.39 is 10.0 Å². The quantitative estimate of drug-likeness (QED) is 0.454. The van der Waals surface area contributed by atoms with E-state index in [4.69, 9.17) is 14.2 Å². The maximum absolute atomic E-state index is 13.1. The van der Waals surface area contributed by atoms with Gasteiger partial charge >= 0.3 is 0 Å². The Bertz CT molecular complexity index is 1350. The first-order valence-corrected chi connectivity index (χ1v) is 13.5. The first kappa shape index (κ1) is 25.4. The fourth-order valence-electron chi connectivity index (χ4n) is 4.09. The Kier molecular flexibility index (Phi) is 7.90. The third kappa shape index (κ3) is 5.43. The Balaban J connectivity index is 1.51. The molecule has 188 valence electrons. The molecule has 1 aliphatic heterocycles. The van der Waals surface area contributed by atoms with E-state index in [0.29, 0.717) is 36.5 Å². The van der Waals surface area contributed by atoms with Gasteiger partial charge in [-0.2, -0.15) is 9.30 Å². The minimum absolute atomic E-state index is 0.215. The number of nitrogens with zero attached hydrogens (tertiary/aromatic N) is 3. The number of hydrogen-bond acceptors (Lipinski definition) is 7. The van der Waals surface area contributed by atoms with Crippen molar-refractivity contribution in [2.24, 2.45) is 10.9 Å². The van der Waals surface area contributed by atoms with Gasteiger partial charge < -0.3 is 18.8 Å². The number of carbonyl (C=O) groups excluding carboxylic acids is 1. The molecule has 0 saturated carbocycles. The Morgan fingerprint density at radius 1 is 1.03 bits per heavy atom. The summed E-state index contributed by atoms with van der Waals surface area (Å²) in [5.74, 6) is 0.780. The molecule has 1 saturated heterocycles. The Morgan fingerprint density at radius 3 is 2.31 bits per heavy atom. The molecule has 2 heterocycles. The van der Waals surface area contributed by atoms with Crippen LogP contribution in [0.3, 0.4) is 0 Å². The SMILES string of the molecule is COCCn1c(=NC(=O)C2CCN(S(=O)(=O)c3ccc(OC)cc3)CC2)sc2cc(OC)ccc21. The van der Waals surface area contributed by atoms with Gasteiger partial charge in [0.2, 0.25) is 10.0 Å². The summed E-state index contributed by atoms with van der Waals surface area (Å²) in [7, 11) is 1.15. The summed E-state index contributed by atoms with van der Waals surface area (Å²) in [6.45, 7) is 1.59. The molecule has 1 amide bonds. The molecule has 0 spiro atoms. The largest absolute Gasteiger partial charge is 0.497 e. The highest BCUT2D eigenvalue weighted by Gasteiger charge is 2.32. The second-order valence-corrected chi connectivity index (χ2v) is 11.1. The molecule has 2 aromatic carbocycles. The van der Waals surface area contributed by atoms with Crippen molar-refractivity contribution in [1.29, 1.82) is 0 Å². The van der Waals surface area contributed by atoms with Crippen molar-refractivity contribution in [3.8, 4) is 11.5 Å². The standard InChI is InChI=1S/C24H29N3O6S2/c1-31-15-14-27-21-9-6-19(33-3)16-22(21)34-24(27)25-23(28)17-10-12-26(13-11-17)35(29,30)20-7-4-18(32-2)5-8-20/h4-9,16-17H,10-15H2,1-3H3. The molecule has 0 bridgehead atoms. The van der Waals surface area contributed by atoms with Gasteiger partial charge in [-0.05, 0) is 55.3 Å². The number of benzene rings is 2. The van der Waals surface area contributed by atoms with Gasteiger partial charge in [-0.25, -0.2) is 8.42 Å². The summed E-state index contributed by atoms with van der Waals surface area (Å²) in [6, 6.07) is 12.1. The molecule has 35 heavy (non-hydrogen) atoms. The zero-order valence-electron chi connectivity index (χ0n) is 20.0. The van der Waals surface area contributed by atoms with Crippen molar-refractivity contribution in [3.05, 3.63) is 47.3 Å². The number of piperidine rings is 1. The predicted molar refractivity (Wildman–Crippen MR) is 133 cm³/mol. The van der Waals surface area contributed by atoms with Gasteiger partial charge in [0.25, 0.3) is 5.91 Å². The zero-order valence-corrected chi connectivity index (χ0v) is 21.6.